The van der Waals surface area contributed by atoms with Gasteiger partial charge in [0.1, 0.15) is 10.8 Å². The topological polar surface area (TPSA) is 30.0 Å². The van der Waals surface area contributed by atoms with Crippen molar-refractivity contribution in [2.24, 2.45) is 0 Å². The van der Waals surface area contributed by atoms with Crippen molar-refractivity contribution in [3.63, 3.8) is 0 Å². The van der Waals surface area contributed by atoms with Crippen molar-refractivity contribution in [2.75, 3.05) is 0 Å². The molecular formula is C7H9NOS. The quantitative estimate of drug-likeness (QED) is 0.654. The molecule has 1 rings (SSSR count). The second-order valence-corrected chi connectivity index (χ2v) is 2.95. The molecule has 0 fully saturated rings. The minimum Gasteiger partial charge on any atom is -0.300 e. The lowest BCUT2D eigenvalue weighted by molar-refractivity contribution is -0.116. The lowest BCUT2D eigenvalue weighted by Gasteiger charge is -1.85. The van der Waals surface area contributed by atoms with Gasteiger partial charge in [0.2, 0.25) is 0 Å². The molecule has 0 saturated heterocycles. The fourth-order valence-corrected chi connectivity index (χ4v) is 1.34. The number of rotatable bonds is 2. The van der Waals surface area contributed by atoms with Crippen molar-refractivity contribution in [3.8, 4) is 0 Å². The van der Waals surface area contributed by atoms with E-state index in [4.69, 9.17) is 4.11 Å². The number of Topliss-reactive ketones (excluding diaryl/α,β-unsaturated/α-hetero) is 1. The Hall–Kier alpha value is -0.700. The predicted octanol–water partition coefficient (Wildman–Crippen LogP) is 1.58. The van der Waals surface area contributed by atoms with E-state index >= 15 is 0 Å². The van der Waals surface area contributed by atoms with Gasteiger partial charge in [0.15, 0.2) is 0 Å². The second-order valence-electron chi connectivity index (χ2n) is 2.01. The van der Waals surface area contributed by atoms with E-state index < -0.39 is 6.85 Å². The smallest absolute Gasteiger partial charge is 0.136 e. The molecule has 0 aromatic carbocycles. The highest BCUT2D eigenvalue weighted by Gasteiger charge is 2.00. The van der Waals surface area contributed by atoms with Crippen molar-refractivity contribution >= 4 is 17.1 Å². The fraction of sp³-hybridized carbons (Fsp3) is 0.429. The molecule has 10 heavy (non-hydrogen) atoms. The van der Waals surface area contributed by atoms with Crippen LogP contribution in [-0.2, 0) is 11.2 Å². The van der Waals surface area contributed by atoms with E-state index in [2.05, 4.69) is 4.98 Å². The SMILES string of the molecule is [2H]C([2H])([2H])c1csc(CC(C)=O)n1. The van der Waals surface area contributed by atoms with Crippen LogP contribution < -0.4 is 0 Å². The van der Waals surface area contributed by atoms with Gasteiger partial charge in [-0.2, -0.15) is 0 Å². The molecule has 54 valence electrons. The second kappa shape index (κ2) is 2.92. The van der Waals surface area contributed by atoms with Crippen LogP contribution in [0.1, 0.15) is 21.7 Å². The molecule has 0 aliphatic rings. The van der Waals surface area contributed by atoms with Gasteiger partial charge < -0.3 is 0 Å². The van der Waals surface area contributed by atoms with E-state index in [9.17, 15) is 4.79 Å². The molecule has 0 aliphatic carbocycles. The highest BCUT2D eigenvalue weighted by molar-refractivity contribution is 7.09. The minimum absolute atomic E-state index is 0.00792. The Kier molecular flexibility index (Phi) is 1.24. The summed E-state index contributed by atoms with van der Waals surface area (Å²) >= 11 is 1.21. The van der Waals surface area contributed by atoms with Gasteiger partial charge in [0.25, 0.3) is 0 Å². The molecule has 0 radical (unpaired) electrons. The largest absolute Gasteiger partial charge is 0.300 e. The Labute approximate surface area is 68.1 Å². The summed E-state index contributed by atoms with van der Waals surface area (Å²) in [5, 5.41) is 2.05. The van der Waals surface area contributed by atoms with Crippen molar-refractivity contribution in [2.45, 2.75) is 20.2 Å². The molecule has 0 bridgehead atoms. The van der Waals surface area contributed by atoms with E-state index in [-0.39, 0.29) is 17.9 Å². The number of nitrogens with zero attached hydrogens (tertiary/aromatic N) is 1. The first-order valence-corrected chi connectivity index (χ1v) is 3.72. The van der Waals surface area contributed by atoms with Gasteiger partial charge in [-0.05, 0) is 13.8 Å². The Balaban J connectivity index is 2.81. The number of carbonyl (C=O) groups is 1. The van der Waals surface area contributed by atoms with Gasteiger partial charge in [0.05, 0.1) is 6.42 Å². The lowest BCUT2D eigenvalue weighted by atomic mass is 10.3. The third kappa shape index (κ3) is 1.92. The molecule has 0 atom stereocenters. The first-order chi connectivity index (χ1) is 5.89. The minimum atomic E-state index is -2.16. The standard InChI is InChI=1S/C7H9NOS/c1-5-4-10-7(8-5)3-6(2)9/h4H,3H2,1-2H3/i1D3. The number of aromatic nitrogens is 1. The van der Waals surface area contributed by atoms with E-state index in [1.165, 1.54) is 23.6 Å². The highest BCUT2D eigenvalue weighted by atomic mass is 32.1. The van der Waals surface area contributed by atoms with Crippen LogP contribution in [0.5, 0.6) is 0 Å². The number of thiazole rings is 1. The summed E-state index contributed by atoms with van der Waals surface area (Å²) < 4.78 is 21.2. The van der Waals surface area contributed by atoms with Crippen LogP contribution in [0.25, 0.3) is 0 Å². The van der Waals surface area contributed by atoms with Gasteiger partial charge in [0, 0.05) is 15.2 Å². The van der Waals surface area contributed by atoms with E-state index in [0.29, 0.717) is 5.01 Å². The number of aryl methyl sites for hydroxylation is 1. The summed E-state index contributed by atoms with van der Waals surface area (Å²) in [5.41, 5.74) is 0.0775. The van der Waals surface area contributed by atoms with Crippen LogP contribution in [0.2, 0.25) is 0 Å². The molecule has 0 saturated carbocycles. The normalized spacial score (nSPS) is 15.5. The van der Waals surface area contributed by atoms with Gasteiger partial charge in [-0.3, -0.25) is 4.79 Å². The molecule has 0 aliphatic heterocycles. The lowest BCUT2D eigenvalue weighted by Crippen LogP contribution is -1.94. The van der Waals surface area contributed by atoms with Crippen LogP contribution in [0, 0.1) is 6.85 Å². The number of ketones is 1. The zero-order chi connectivity index (χ0) is 10.1. The van der Waals surface area contributed by atoms with E-state index in [1.807, 2.05) is 0 Å². The maximum Gasteiger partial charge on any atom is 0.136 e. The average molecular weight is 158 g/mol. The van der Waals surface area contributed by atoms with Gasteiger partial charge in [-0.15, -0.1) is 11.3 Å². The van der Waals surface area contributed by atoms with Gasteiger partial charge >= 0.3 is 0 Å². The Morgan fingerprint density at radius 3 is 3.30 bits per heavy atom. The van der Waals surface area contributed by atoms with Crippen LogP contribution in [-0.4, -0.2) is 10.8 Å². The molecule has 1 heterocycles. The fourth-order valence-electron chi connectivity index (χ4n) is 0.605. The number of carbonyl (C=O) groups excluding carboxylic acids is 1. The van der Waals surface area contributed by atoms with Crippen molar-refractivity contribution < 1.29 is 8.91 Å². The van der Waals surface area contributed by atoms with Crippen molar-refractivity contribution in [3.05, 3.63) is 16.1 Å². The van der Waals surface area contributed by atoms with E-state index in [0.717, 1.165) is 0 Å². The summed E-state index contributed by atoms with van der Waals surface area (Å²) in [6.07, 6.45) is 0.223. The average Bonchev–Trinajstić information content (AvgIpc) is 2.32. The molecule has 3 heteroatoms. The summed E-state index contributed by atoms with van der Waals surface area (Å²) in [5.74, 6) is -0.00792. The van der Waals surface area contributed by atoms with Crippen LogP contribution in [0.4, 0.5) is 0 Å². The van der Waals surface area contributed by atoms with Gasteiger partial charge in [-0.1, -0.05) is 0 Å². The van der Waals surface area contributed by atoms with Crippen molar-refractivity contribution in [1.82, 2.24) is 4.98 Å². The molecule has 2 nitrogen and oxygen atoms in total. The Bertz CT molecular complexity index is 318. The summed E-state index contributed by atoms with van der Waals surface area (Å²) in [6, 6.07) is 0. The Morgan fingerprint density at radius 2 is 2.80 bits per heavy atom. The van der Waals surface area contributed by atoms with Crippen LogP contribution in [0.15, 0.2) is 5.38 Å². The third-order valence-corrected chi connectivity index (χ3v) is 1.80. The molecule has 0 amide bonds. The predicted molar refractivity (Wildman–Crippen MR) is 41.2 cm³/mol. The highest BCUT2D eigenvalue weighted by Crippen LogP contribution is 2.08. The molecule has 1 aromatic rings. The Morgan fingerprint density at radius 1 is 2.00 bits per heavy atom. The molecule has 0 N–H and O–H groups in total. The first kappa shape index (κ1) is 4.23. The number of hydrogen-bond donors (Lipinski definition) is 0. The molecule has 0 spiro atoms. The molecular weight excluding hydrogens is 146 g/mol. The molecule has 0 unspecified atom stereocenters. The molecule has 1 aromatic heterocycles. The summed E-state index contributed by atoms with van der Waals surface area (Å²) in [7, 11) is 0. The van der Waals surface area contributed by atoms with Gasteiger partial charge in [-0.25, -0.2) is 4.98 Å². The van der Waals surface area contributed by atoms with Crippen LogP contribution in [0.3, 0.4) is 0 Å². The zero-order valence-corrected chi connectivity index (χ0v) is 6.36. The summed E-state index contributed by atoms with van der Waals surface area (Å²) in [6.45, 7) is -0.706. The first-order valence-electron chi connectivity index (χ1n) is 4.34. The van der Waals surface area contributed by atoms with Crippen LogP contribution >= 0.6 is 11.3 Å². The monoisotopic (exact) mass is 158 g/mol. The maximum atomic E-state index is 10.7. The summed E-state index contributed by atoms with van der Waals surface area (Å²) in [4.78, 5) is 14.6. The van der Waals surface area contributed by atoms with E-state index in [1.54, 1.807) is 0 Å². The third-order valence-electron chi connectivity index (χ3n) is 0.952. The zero-order valence-electron chi connectivity index (χ0n) is 8.55. The van der Waals surface area contributed by atoms with Crippen molar-refractivity contribution in [1.29, 1.82) is 0 Å². The maximum absolute atomic E-state index is 10.7. The number of hydrogen-bond acceptors (Lipinski definition) is 3.